The molecule has 1 aromatic heterocycles. The van der Waals surface area contributed by atoms with Crippen molar-refractivity contribution in [3.05, 3.63) is 34.2 Å². The number of carbonyl (C=O) groups excluding carboxylic acids is 1. The lowest BCUT2D eigenvalue weighted by Gasteiger charge is -2.25. The molecular weight excluding hydrogens is 272 g/mol. The van der Waals surface area contributed by atoms with Gasteiger partial charge in [0.15, 0.2) is 0 Å². The standard InChI is InChI=1S/C15H22N2O4/c1-15(2,3)9-11(8-13(19)20)16-14(21)10-5-6-17(4)12(18)7-10/h5-7,11H,8-9H2,1-4H3,(H,16,21)(H,19,20). The fourth-order valence-corrected chi connectivity index (χ4v) is 2.08. The maximum absolute atomic E-state index is 12.1. The Morgan fingerprint density at radius 1 is 1.38 bits per heavy atom. The number of carboxylic acid groups (broad SMARTS) is 1. The fraction of sp³-hybridized carbons (Fsp3) is 0.533. The first-order valence-electron chi connectivity index (χ1n) is 6.78. The SMILES string of the molecule is Cn1ccc(C(=O)NC(CC(=O)O)CC(C)(C)C)cc1=O. The summed E-state index contributed by atoms with van der Waals surface area (Å²) in [6.07, 6.45) is 1.90. The average molecular weight is 294 g/mol. The van der Waals surface area contributed by atoms with E-state index in [0.29, 0.717) is 6.42 Å². The van der Waals surface area contributed by atoms with Crippen molar-refractivity contribution in [1.82, 2.24) is 9.88 Å². The van der Waals surface area contributed by atoms with Crippen LogP contribution in [0, 0.1) is 5.41 Å². The molecule has 6 heteroatoms. The molecule has 0 saturated carbocycles. The van der Waals surface area contributed by atoms with Crippen molar-refractivity contribution in [2.75, 3.05) is 0 Å². The van der Waals surface area contributed by atoms with E-state index in [4.69, 9.17) is 5.11 Å². The highest BCUT2D eigenvalue weighted by Crippen LogP contribution is 2.22. The molecule has 2 N–H and O–H groups in total. The van der Waals surface area contributed by atoms with Crippen molar-refractivity contribution in [3.63, 3.8) is 0 Å². The highest BCUT2D eigenvalue weighted by Gasteiger charge is 2.23. The predicted octanol–water partition coefficient (Wildman–Crippen LogP) is 1.39. The molecule has 6 nitrogen and oxygen atoms in total. The van der Waals surface area contributed by atoms with Crippen LogP contribution in [0.5, 0.6) is 0 Å². The van der Waals surface area contributed by atoms with Crippen molar-refractivity contribution in [2.45, 2.75) is 39.7 Å². The number of aliphatic carboxylic acids is 1. The Morgan fingerprint density at radius 3 is 2.48 bits per heavy atom. The van der Waals surface area contributed by atoms with Crippen molar-refractivity contribution in [3.8, 4) is 0 Å². The van der Waals surface area contributed by atoms with E-state index in [9.17, 15) is 14.4 Å². The molecule has 1 amide bonds. The molecule has 0 aliphatic rings. The summed E-state index contributed by atoms with van der Waals surface area (Å²) in [5.41, 5.74) is -0.157. The molecule has 116 valence electrons. The van der Waals surface area contributed by atoms with Crippen LogP contribution in [0.4, 0.5) is 0 Å². The second-order valence-corrected chi connectivity index (χ2v) is 6.40. The number of nitrogens with zero attached hydrogens (tertiary/aromatic N) is 1. The molecule has 1 heterocycles. The van der Waals surface area contributed by atoms with Crippen molar-refractivity contribution < 1.29 is 14.7 Å². The van der Waals surface area contributed by atoms with Crippen LogP contribution in [0.15, 0.2) is 23.1 Å². The quantitative estimate of drug-likeness (QED) is 0.859. The minimum absolute atomic E-state index is 0.111. The molecule has 1 atom stereocenters. The van der Waals surface area contributed by atoms with E-state index in [1.807, 2.05) is 20.8 Å². The van der Waals surface area contributed by atoms with Crippen molar-refractivity contribution in [1.29, 1.82) is 0 Å². The molecule has 0 aromatic carbocycles. The van der Waals surface area contributed by atoms with Crippen LogP contribution in [0.1, 0.15) is 44.0 Å². The van der Waals surface area contributed by atoms with Crippen LogP contribution in [0.3, 0.4) is 0 Å². The van der Waals surface area contributed by atoms with E-state index in [0.717, 1.165) is 0 Å². The Morgan fingerprint density at radius 2 is 2.00 bits per heavy atom. The highest BCUT2D eigenvalue weighted by atomic mass is 16.4. The zero-order valence-corrected chi connectivity index (χ0v) is 12.8. The molecule has 1 rings (SSSR count). The number of carboxylic acids is 1. The molecule has 21 heavy (non-hydrogen) atoms. The number of aryl methyl sites for hydroxylation is 1. The van der Waals surface area contributed by atoms with E-state index in [-0.39, 0.29) is 23.0 Å². The zero-order valence-electron chi connectivity index (χ0n) is 12.8. The van der Waals surface area contributed by atoms with Gasteiger partial charge in [0.05, 0.1) is 6.42 Å². The van der Waals surface area contributed by atoms with Crippen molar-refractivity contribution in [2.24, 2.45) is 12.5 Å². The number of amides is 1. The Labute approximate surface area is 123 Å². The van der Waals surface area contributed by atoms with E-state index < -0.39 is 17.9 Å². The summed E-state index contributed by atoms with van der Waals surface area (Å²) in [6.45, 7) is 5.94. The second-order valence-electron chi connectivity index (χ2n) is 6.40. The lowest BCUT2D eigenvalue weighted by molar-refractivity contribution is -0.137. The summed E-state index contributed by atoms with van der Waals surface area (Å²) in [7, 11) is 1.59. The Kier molecular flexibility index (Phi) is 5.29. The van der Waals surface area contributed by atoms with Gasteiger partial charge in [-0.25, -0.2) is 0 Å². The van der Waals surface area contributed by atoms with Gasteiger partial charge in [-0.3, -0.25) is 14.4 Å². The molecule has 0 saturated heterocycles. The van der Waals surface area contributed by atoms with E-state index in [2.05, 4.69) is 5.32 Å². The third kappa shape index (κ3) is 5.81. The van der Waals surface area contributed by atoms with Gasteiger partial charge in [0, 0.05) is 30.9 Å². The summed E-state index contributed by atoms with van der Waals surface area (Å²) < 4.78 is 1.36. The van der Waals surface area contributed by atoms with Gasteiger partial charge < -0.3 is 15.0 Å². The maximum atomic E-state index is 12.1. The van der Waals surface area contributed by atoms with Crippen LogP contribution in [0.2, 0.25) is 0 Å². The topological polar surface area (TPSA) is 88.4 Å². The van der Waals surface area contributed by atoms with Gasteiger partial charge in [0.2, 0.25) is 0 Å². The maximum Gasteiger partial charge on any atom is 0.305 e. The predicted molar refractivity (Wildman–Crippen MR) is 79.3 cm³/mol. The van der Waals surface area contributed by atoms with Gasteiger partial charge in [0.1, 0.15) is 0 Å². The largest absolute Gasteiger partial charge is 0.481 e. The van der Waals surface area contributed by atoms with E-state index >= 15 is 0 Å². The first-order chi connectivity index (χ1) is 9.58. The molecular formula is C15H22N2O4. The first kappa shape index (κ1) is 16.9. The molecule has 0 spiro atoms. The van der Waals surface area contributed by atoms with E-state index in [1.165, 1.54) is 22.9 Å². The molecule has 1 aromatic rings. The van der Waals surface area contributed by atoms with Crippen LogP contribution < -0.4 is 10.9 Å². The van der Waals surface area contributed by atoms with Gasteiger partial charge in [-0.2, -0.15) is 0 Å². The van der Waals surface area contributed by atoms with Crippen LogP contribution >= 0.6 is 0 Å². The minimum Gasteiger partial charge on any atom is -0.481 e. The van der Waals surface area contributed by atoms with E-state index in [1.54, 1.807) is 7.05 Å². The van der Waals surface area contributed by atoms with Gasteiger partial charge in [-0.05, 0) is 17.9 Å². The van der Waals surface area contributed by atoms with Crippen LogP contribution in [-0.2, 0) is 11.8 Å². The summed E-state index contributed by atoms with van der Waals surface area (Å²) in [5, 5.41) is 11.6. The zero-order chi connectivity index (χ0) is 16.2. The van der Waals surface area contributed by atoms with Gasteiger partial charge in [-0.1, -0.05) is 20.8 Å². The first-order valence-corrected chi connectivity index (χ1v) is 6.78. The molecule has 0 aliphatic heterocycles. The minimum atomic E-state index is -0.964. The molecule has 0 aliphatic carbocycles. The Balaban J connectivity index is 2.86. The van der Waals surface area contributed by atoms with Gasteiger partial charge >= 0.3 is 5.97 Å². The Hall–Kier alpha value is -2.11. The molecule has 0 fully saturated rings. The number of aromatic nitrogens is 1. The number of rotatable bonds is 5. The van der Waals surface area contributed by atoms with Crippen LogP contribution in [-0.4, -0.2) is 27.6 Å². The Bertz CT molecular complexity index is 584. The third-order valence-corrected chi connectivity index (χ3v) is 2.98. The number of carbonyl (C=O) groups is 2. The number of hydrogen-bond acceptors (Lipinski definition) is 3. The van der Waals surface area contributed by atoms with Crippen LogP contribution in [0.25, 0.3) is 0 Å². The lowest BCUT2D eigenvalue weighted by atomic mass is 9.87. The normalized spacial score (nSPS) is 12.8. The molecule has 0 bridgehead atoms. The monoisotopic (exact) mass is 294 g/mol. The summed E-state index contributed by atoms with van der Waals surface area (Å²) in [5.74, 6) is -1.39. The third-order valence-electron chi connectivity index (χ3n) is 2.98. The van der Waals surface area contributed by atoms with Gasteiger partial charge in [-0.15, -0.1) is 0 Å². The summed E-state index contributed by atoms with van der Waals surface area (Å²) in [4.78, 5) is 34.6. The van der Waals surface area contributed by atoms with Crippen molar-refractivity contribution >= 4 is 11.9 Å². The fourth-order valence-electron chi connectivity index (χ4n) is 2.08. The average Bonchev–Trinajstić information content (AvgIpc) is 2.29. The summed E-state index contributed by atoms with van der Waals surface area (Å²) >= 11 is 0. The number of nitrogens with one attached hydrogen (secondary N) is 1. The smallest absolute Gasteiger partial charge is 0.305 e. The molecule has 1 unspecified atom stereocenters. The highest BCUT2D eigenvalue weighted by molar-refractivity contribution is 5.94. The number of pyridine rings is 1. The lowest BCUT2D eigenvalue weighted by Crippen LogP contribution is -2.39. The summed E-state index contributed by atoms with van der Waals surface area (Å²) in [6, 6.07) is 2.30. The van der Waals surface area contributed by atoms with Gasteiger partial charge in [0.25, 0.3) is 11.5 Å². The molecule has 0 radical (unpaired) electrons. The second kappa shape index (κ2) is 6.56. The number of hydrogen-bond donors (Lipinski definition) is 2.